The molecule has 1 aliphatic heterocycles. The summed E-state index contributed by atoms with van der Waals surface area (Å²) < 4.78 is 4.95. The number of hydrogen-bond donors (Lipinski definition) is 0. The van der Waals surface area contributed by atoms with Crippen molar-refractivity contribution in [2.75, 3.05) is 37.7 Å². The number of amides is 1. The van der Waals surface area contributed by atoms with Crippen molar-refractivity contribution in [1.82, 2.24) is 14.9 Å². The van der Waals surface area contributed by atoms with E-state index in [4.69, 9.17) is 16.3 Å². The van der Waals surface area contributed by atoms with Crippen LogP contribution in [-0.2, 0) is 4.74 Å². The standard InChI is InChI=1S/C18H19ClN4O3/c1-2-26-18(25)13-3-4-16(21-12-13)22-7-9-23(10-8-22)17(24)15-11-14(19)5-6-20-15/h3-6,11-12H,2,7-10H2,1H3. The highest BCUT2D eigenvalue weighted by Crippen LogP contribution is 2.16. The third-order valence-electron chi connectivity index (χ3n) is 4.09. The second kappa shape index (κ2) is 8.14. The minimum atomic E-state index is -0.379. The fourth-order valence-electron chi connectivity index (χ4n) is 2.73. The van der Waals surface area contributed by atoms with E-state index in [2.05, 4.69) is 14.9 Å². The number of nitrogens with zero attached hydrogens (tertiary/aromatic N) is 4. The Kier molecular flexibility index (Phi) is 5.68. The highest BCUT2D eigenvalue weighted by Gasteiger charge is 2.24. The van der Waals surface area contributed by atoms with Gasteiger partial charge in [0.2, 0.25) is 0 Å². The zero-order valence-electron chi connectivity index (χ0n) is 14.4. The summed E-state index contributed by atoms with van der Waals surface area (Å²) in [4.78, 5) is 36.4. The van der Waals surface area contributed by atoms with Crippen LogP contribution in [0.1, 0.15) is 27.8 Å². The lowest BCUT2D eigenvalue weighted by Crippen LogP contribution is -2.49. The second-order valence-corrected chi connectivity index (χ2v) is 6.20. The first-order valence-electron chi connectivity index (χ1n) is 8.37. The van der Waals surface area contributed by atoms with Gasteiger partial charge in [-0.3, -0.25) is 9.78 Å². The van der Waals surface area contributed by atoms with Crippen molar-refractivity contribution in [3.63, 3.8) is 0 Å². The topological polar surface area (TPSA) is 75.6 Å². The van der Waals surface area contributed by atoms with E-state index in [1.165, 1.54) is 12.4 Å². The molecule has 0 unspecified atom stereocenters. The van der Waals surface area contributed by atoms with Gasteiger partial charge in [0.25, 0.3) is 5.91 Å². The Labute approximate surface area is 156 Å². The fourth-order valence-corrected chi connectivity index (χ4v) is 2.89. The SMILES string of the molecule is CCOC(=O)c1ccc(N2CCN(C(=O)c3cc(Cl)ccn3)CC2)nc1. The molecule has 3 rings (SSSR count). The highest BCUT2D eigenvalue weighted by molar-refractivity contribution is 6.30. The number of pyridine rings is 2. The van der Waals surface area contributed by atoms with Gasteiger partial charge in [-0.05, 0) is 31.2 Å². The average Bonchev–Trinajstić information content (AvgIpc) is 2.68. The van der Waals surface area contributed by atoms with Crippen molar-refractivity contribution < 1.29 is 14.3 Å². The van der Waals surface area contributed by atoms with Gasteiger partial charge in [-0.25, -0.2) is 9.78 Å². The second-order valence-electron chi connectivity index (χ2n) is 5.76. The van der Waals surface area contributed by atoms with Crippen LogP contribution >= 0.6 is 11.6 Å². The van der Waals surface area contributed by atoms with Gasteiger partial charge in [-0.2, -0.15) is 0 Å². The molecule has 0 aliphatic carbocycles. The molecule has 0 bridgehead atoms. The number of esters is 1. The molecule has 7 nitrogen and oxygen atoms in total. The van der Waals surface area contributed by atoms with Crippen LogP contribution in [0.15, 0.2) is 36.7 Å². The van der Waals surface area contributed by atoms with Crippen LogP contribution in [0.2, 0.25) is 5.02 Å². The summed E-state index contributed by atoms with van der Waals surface area (Å²) in [7, 11) is 0. The Morgan fingerprint density at radius 3 is 2.54 bits per heavy atom. The Bertz CT molecular complexity index is 789. The molecule has 136 valence electrons. The van der Waals surface area contributed by atoms with Gasteiger partial charge in [0.1, 0.15) is 11.5 Å². The molecule has 3 heterocycles. The Balaban J connectivity index is 1.60. The zero-order valence-corrected chi connectivity index (χ0v) is 15.1. The lowest BCUT2D eigenvalue weighted by Gasteiger charge is -2.35. The number of halogens is 1. The minimum absolute atomic E-state index is 0.127. The number of hydrogen-bond acceptors (Lipinski definition) is 6. The third-order valence-corrected chi connectivity index (χ3v) is 4.33. The van der Waals surface area contributed by atoms with Gasteiger partial charge < -0.3 is 14.5 Å². The zero-order chi connectivity index (χ0) is 18.5. The molecule has 0 N–H and O–H groups in total. The normalized spacial score (nSPS) is 14.2. The molecule has 26 heavy (non-hydrogen) atoms. The van der Waals surface area contributed by atoms with Gasteiger partial charge >= 0.3 is 5.97 Å². The van der Waals surface area contributed by atoms with E-state index in [1.807, 2.05) is 0 Å². The van der Waals surface area contributed by atoms with E-state index in [9.17, 15) is 9.59 Å². The summed E-state index contributed by atoms with van der Waals surface area (Å²) >= 11 is 5.93. The van der Waals surface area contributed by atoms with E-state index in [-0.39, 0.29) is 11.9 Å². The molecular weight excluding hydrogens is 356 g/mol. The Hall–Kier alpha value is -2.67. The van der Waals surface area contributed by atoms with Crippen molar-refractivity contribution in [3.05, 3.63) is 52.9 Å². The molecule has 2 aromatic rings. The maximum atomic E-state index is 12.5. The molecule has 2 aromatic heterocycles. The molecule has 0 aromatic carbocycles. The van der Waals surface area contributed by atoms with E-state index < -0.39 is 0 Å². The van der Waals surface area contributed by atoms with Gasteiger partial charge in [0.05, 0.1) is 12.2 Å². The van der Waals surface area contributed by atoms with E-state index in [1.54, 1.807) is 36.1 Å². The molecule has 8 heteroatoms. The molecule has 0 radical (unpaired) electrons. The maximum Gasteiger partial charge on any atom is 0.339 e. The summed E-state index contributed by atoms with van der Waals surface area (Å²) in [5, 5.41) is 0.493. The van der Waals surface area contributed by atoms with Gasteiger partial charge in [-0.15, -0.1) is 0 Å². The first-order chi connectivity index (χ1) is 12.6. The van der Waals surface area contributed by atoms with E-state index >= 15 is 0 Å². The number of rotatable bonds is 4. The molecule has 0 saturated carbocycles. The summed E-state index contributed by atoms with van der Waals surface area (Å²) in [6.07, 6.45) is 3.04. The Morgan fingerprint density at radius 2 is 1.92 bits per heavy atom. The number of carbonyl (C=O) groups excluding carboxylic acids is 2. The van der Waals surface area contributed by atoms with Crippen molar-refractivity contribution in [2.45, 2.75) is 6.92 Å². The lowest BCUT2D eigenvalue weighted by atomic mass is 10.2. The molecule has 1 fully saturated rings. The van der Waals surface area contributed by atoms with Crippen LogP contribution < -0.4 is 4.90 Å². The van der Waals surface area contributed by atoms with Gasteiger partial charge in [0.15, 0.2) is 0 Å². The van der Waals surface area contributed by atoms with Gasteiger partial charge in [0, 0.05) is 43.6 Å². The predicted octanol–water partition coefficient (Wildman–Crippen LogP) is 2.27. The monoisotopic (exact) mass is 374 g/mol. The van der Waals surface area contributed by atoms with Crippen LogP contribution in [0.4, 0.5) is 5.82 Å². The molecule has 0 atom stereocenters. The van der Waals surface area contributed by atoms with Crippen molar-refractivity contribution >= 4 is 29.3 Å². The molecule has 1 amide bonds. The van der Waals surface area contributed by atoms with Crippen LogP contribution in [0.25, 0.3) is 0 Å². The van der Waals surface area contributed by atoms with Crippen LogP contribution in [0.3, 0.4) is 0 Å². The first-order valence-corrected chi connectivity index (χ1v) is 8.75. The fraction of sp³-hybridized carbons (Fsp3) is 0.333. The minimum Gasteiger partial charge on any atom is -0.462 e. The largest absolute Gasteiger partial charge is 0.462 e. The smallest absolute Gasteiger partial charge is 0.339 e. The molecule has 1 saturated heterocycles. The summed E-state index contributed by atoms with van der Waals surface area (Å²) in [6.45, 7) is 4.52. The van der Waals surface area contributed by atoms with Crippen molar-refractivity contribution in [2.24, 2.45) is 0 Å². The number of anilines is 1. The summed E-state index contributed by atoms with van der Waals surface area (Å²) in [5.74, 6) is 0.264. The number of ether oxygens (including phenoxy) is 1. The molecule has 0 spiro atoms. The highest BCUT2D eigenvalue weighted by atomic mass is 35.5. The first kappa shape index (κ1) is 18.1. The van der Waals surface area contributed by atoms with E-state index in [0.29, 0.717) is 49.1 Å². The lowest BCUT2D eigenvalue weighted by molar-refractivity contribution is 0.0525. The average molecular weight is 375 g/mol. The molecule has 1 aliphatic rings. The van der Waals surface area contributed by atoms with Crippen LogP contribution in [-0.4, -0.2) is 59.5 Å². The van der Waals surface area contributed by atoms with Gasteiger partial charge in [-0.1, -0.05) is 11.6 Å². The summed E-state index contributed by atoms with van der Waals surface area (Å²) in [5.41, 5.74) is 0.777. The van der Waals surface area contributed by atoms with Crippen LogP contribution in [0, 0.1) is 0 Å². The molecular formula is C18H19ClN4O3. The predicted molar refractivity (Wildman–Crippen MR) is 97.6 cm³/mol. The van der Waals surface area contributed by atoms with Crippen molar-refractivity contribution in [3.8, 4) is 0 Å². The quantitative estimate of drug-likeness (QED) is 0.764. The van der Waals surface area contributed by atoms with Crippen molar-refractivity contribution in [1.29, 1.82) is 0 Å². The Morgan fingerprint density at radius 1 is 1.15 bits per heavy atom. The number of piperazine rings is 1. The summed E-state index contributed by atoms with van der Waals surface area (Å²) in [6, 6.07) is 6.71. The third kappa shape index (κ3) is 4.11. The number of carbonyl (C=O) groups is 2. The van der Waals surface area contributed by atoms with Crippen LogP contribution in [0.5, 0.6) is 0 Å². The number of aromatic nitrogens is 2. The maximum absolute atomic E-state index is 12.5. The van der Waals surface area contributed by atoms with E-state index in [0.717, 1.165) is 5.82 Å².